The van der Waals surface area contributed by atoms with Crippen molar-refractivity contribution in [3.63, 3.8) is 0 Å². The molecule has 1 heterocycles. The maximum atomic E-state index is 14.2. The lowest BCUT2D eigenvalue weighted by molar-refractivity contribution is -0.112. The van der Waals surface area contributed by atoms with Gasteiger partial charge in [-0.15, -0.1) is 11.3 Å². The van der Waals surface area contributed by atoms with Gasteiger partial charge in [0.05, 0.1) is 5.56 Å². The van der Waals surface area contributed by atoms with E-state index in [9.17, 15) is 19.7 Å². The Morgan fingerprint density at radius 2 is 1.84 bits per heavy atom. The van der Waals surface area contributed by atoms with Crippen LogP contribution >= 0.6 is 11.3 Å². The number of carbonyl (C=O) groups is 1. The number of nitrogens with one attached hydrogen (secondary N) is 1. The first-order valence-electron chi connectivity index (χ1n) is 11.9. The molecule has 5 rings (SSSR count). The van der Waals surface area contributed by atoms with E-state index < -0.39 is 5.91 Å². The lowest BCUT2D eigenvalue weighted by Gasteiger charge is -2.13. The second-order valence-electron chi connectivity index (χ2n) is 8.73. The largest absolute Gasteiger partial charge is 0.488 e. The monoisotopic (exact) mass is 507 g/mol. The summed E-state index contributed by atoms with van der Waals surface area (Å²) in [5.74, 6) is -0.540. The summed E-state index contributed by atoms with van der Waals surface area (Å²) in [7, 11) is 0. The first-order valence-corrected chi connectivity index (χ1v) is 12.8. The van der Waals surface area contributed by atoms with Crippen molar-refractivity contribution in [1.82, 2.24) is 0 Å². The third kappa shape index (κ3) is 4.95. The van der Waals surface area contributed by atoms with Crippen LogP contribution in [0.4, 0.5) is 9.39 Å². The Morgan fingerprint density at radius 3 is 2.65 bits per heavy atom. The molecule has 7 heteroatoms. The van der Waals surface area contributed by atoms with Crippen molar-refractivity contribution in [3.8, 4) is 17.9 Å². The molecule has 182 valence electrons. The average Bonchev–Trinajstić information content (AvgIpc) is 3.28. The lowest BCUT2D eigenvalue weighted by Crippen LogP contribution is -2.13. The van der Waals surface area contributed by atoms with Crippen molar-refractivity contribution in [2.45, 2.75) is 32.3 Å². The van der Waals surface area contributed by atoms with Crippen molar-refractivity contribution in [2.75, 3.05) is 5.32 Å². The lowest BCUT2D eigenvalue weighted by atomic mass is 9.96. The number of carbonyl (C=O) groups excluding carboxylic acids is 1. The van der Waals surface area contributed by atoms with E-state index in [0.717, 1.165) is 46.9 Å². The summed E-state index contributed by atoms with van der Waals surface area (Å²) in [5.41, 5.74) is 2.32. The summed E-state index contributed by atoms with van der Waals surface area (Å²) in [6.07, 6.45) is 5.29. The fourth-order valence-corrected chi connectivity index (χ4v) is 5.79. The summed E-state index contributed by atoms with van der Waals surface area (Å²) < 4.78 is 20.1. The highest BCUT2D eigenvalue weighted by Gasteiger charge is 2.23. The Hall–Kier alpha value is -4.46. The van der Waals surface area contributed by atoms with Crippen molar-refractivity contribution in [1.29, 1.82) is 10.5 Å². The van der Waals surface area contributed by atoms with E-state index in [4.69, 9.17) is 4.74 Å². The number of anilines is 1. The summed E-state index contributed by atoms with van der Waals surface area (Å²) in [4.78, 5) is 14.3. The first-order chi connectivity index (χ1) is 18.1. The van der Waals surface area contributed by atoms with Crippen molar-refractivity contribution >= 4 is 39.1 Å². The average molecular weight is 508 g/mol. The highest BCUT2D eigenvalue weighted by molar-refractivity contribution is 7.16. The summed E-state index contributed by atoms with van der Waals surface area (Å²) in [6.45, 7) is -0.00772. The summed E-state index contributed by atoms with van der Waals surface area (Å²) in [6, 6.07) is 21.8. The number of benzene rings is 3. The van der Waals surface area contributed by atoms with E-state index in [1.165, 1.54) is 23.5 Å². The molecule has 3 aromatic carbocycles. The minimum atomic E-state index is -0.592. The fraction of sp³-hybridized carbons (Fsp3) is 0.167. The maximum Gasteiger partial charge on any atom is 0.266 e. The predicted octanol–water partition coefficient (Wildman–Crippen LogP) is 6.92. The molecule has 1 aromatic heterocycles. The molecule has 1 aliphatic rings. The normalized spacial score (nSPS) is 12.9. The third-order valence-corrected chi connectivity index (χ3v) is 7.64. The van der Waals surface area contributed by atoms with E-state index in [1.54, 1.807) is 24.3 Å². The molecule has 1 aliphatic carbocycles. The molecular formula is C30H22FN3O2S. The molecule has 0 atom stereocenters. The van der Waals surface area contributed by atoms with Gasteiger partial charge in [0, 0.05) is 16.0 Å². The van der Waals surface area contributed by atoms with Crippen molar-refractivity contribution < 1.29 is 13.9 Å². The molecule has 0 saturated heterocycles. The number of hydrogen-bond donors (Lipinski definition) is 1. The number of halogens is 1. The molecule has 37 heavy (non-hydrogen) atoms. The molecule has 1 amide bonds. The van der Waals surface area contributed by atoms with Gasteiger partial charge in [-0.1, -0.05) is 48.5 Å². The number of hydrogen-bond acceptors (Lipinski definition) is 5. The molecule has 0 unspecified atom stereocenters. The van der Waals surface area contributed by atoms with E-state index in [0.29, 0.717) is 27.4 Å². The Labute approximate surface area is 218 Å². The van der Waals surface area contributed by atoms with Gasteiger partial charge < -0.3 is 10.1 Å². The molecule has 4 aromatic rings. The molecular weight excluding hydrogens is 485 g/mol. The van der Waals surface area contributed by atoms with Crippen molar-refractivity contribution in [3.05, 3.63) is 99.2 Å². The molecule has 0 saturated carbocycles. The van der Waals surface area contributed by atoms with Crippen LogP contribution < -0.4 is 10.1 Å². The number of thiophene rings is 1. The van der Waals surface area contributed by atoms with Crippen LogP contribution in [0.2, 0.25) is 0 Å². The fourth-order valence-electron chi connectivity index (χ4n) is 4.56. The highest BCUT2D eigenvalue weighted by atomic mass is 32.1. The van der Waals surface area contributed by atoms with Crippen LogP contribution in [0.3, 0.4) is 0 Å². The molecule has 0 bridgehead atoms. The Bertz CT molecular complexity index is 1620. The summed E-state index contributed by atoms with van der Waals surface area (Å²) in [5, 5.41) is 24.6. The first kappa shape index (κ1) is 24.2. The number of ether oxygens (including phenoxy) is 1. The van der Waals surface area contributed by atoms with Gasteiger partial charge in [0.2, 0.25) is 0 Å². The van der Waals surface area contributed by atoms with Gasteiger partial charge in [-0.2, -0.15) is 10.5 Å². The van der Waals surface area contributed by atoms with Gasteiger partial charge >= 0.3 is 0 Å². The van der Waals surface area contributed by atoms with Gasteiger partial charge in [-0.3, -0.25) is 4.79 Å². The second kappa shape index (κ2) is 10.7. The van der Waals surface area contributed by atoms with Crippen molar-refractivity contribution in [2.24, 2.45) is 0 Å². The Balaban J connectivity index is 1.50. The molecule has 5 nitrogen and oxygen atoms in total. The molecule has 0 aliphatic heterocycles. The SMILES string of the molecule is N#C/C(=C\c1c(OCc2ccccc2F)ccc2ccccc12)C(=O)Nc1sc2c(c1C#N)CCCC2. The zero-order valence-corrected chi connectivity index (χ0v) is 20.7. The zero-order chi connectivity index (χ0) is 25.8. The van der Waals surface area contributed by atoms with Crippen LogP contribution in [0, 0.1) is 28.5 Å². The van der Waals surface area contributed by atoms with Crippen LogP contribution in [-0.4, -0.2) is 5.91 Å². The van der Waals surface area contributed by atoms with Gasteiger partial charge in [-0.05, 0) is 60.2 Å². The molecule has 0 radical (unpaired) electrons. The van der Waals surface area contributed by atoms with Gasteiger partial charge in [0.25, 0.3) is 5.91 Å². The smallest absolute Gasteiger partial charge is 0.266 e. The van der Waals surface area contributed by atoms with E-state index in [1.807, 2.05) is 36.4 Å². The standard InChI is InChI=1S/C30H22FN3O2S/c31-26-11-5-2-8-20(26)18-36-27-14-13-19-7-1-3-9-22(19)24(27)15-21(16-32)29(35)34-30-25(17-33)23-10-4-6-12-28(23)37-30/h1-3,5,7-9,11,13-15H,4,6,10,12,18H2,(H,34,35)/b21-15+. The zero-order valence-electron chi connectivity index (χ0n) is 19.9. The Kier molecular flexibility index (Phi) is 6.98. The van der Waals surface area contributed by atoms with Crippen LogP contribution in [0.1, 0.15) is 40.0 Å². The number of amides is 1. The maximum absolute atomic E-state index is 14.2. The number of aryl methyl sites for hydroxylation is 1. The third-order valence-electron chi connectivity index (χ3n) is 6.44. The van der Waals surface area contributed by atoms with Gasteiger partial charge in [0.1, 0.15) is 40.9 Å². The molecule has 0 spiro atoms. The highest BCUT2D eigenvalue weighted by Crippen LogP contribution is 2.38. The minimum Gasteiger partial charge on any atom is -0.488 e. The predicted molar refractivity (Wildman–Crippen MR) is 143 cm³/mol. The van der Waals surface area contributed by atoms with E-state index >= 15 is 0 Å². The van der Waals surface area contributed by atoms with E-state index in [2.05, 4.69) is 11.4 Å². The number of nitrogens with zero attached hydrogens (tertiary/aromatic N) is 2. The number of rotatable bonds is 6. The van der Waals surface area contributed by atoms with E-state index in [-0.39, 0.29) is 18.0 Å². The second-order valence-corrected chi connectivity index (χ2v) is 9.83. The summed E-state index contributed by atoms with van der Waals surface area (Å²) >= 11 is 1.41. The van der Waals surface area contributed by atoms with Crippen LogP contribution in [0.25, 0.3) is 16.8 Å². The van der Waals surface area contributed by atoms with Crippen LogP contribution in [0.5, 0.6) is 5.75 Å². The van der Waals surface area contributed by atoms with Gasteiger partial charge in [0.15, 0.2) is 0 Å². The van der Waals surface area contributed by atoms with Crippen LogP contribution in [-0.2, 0) is 24.2 Å². The minimum absolute atomic E-state index is 0.00772. The quantitative estimate of drug-likeness (QED) is 0.227. The number of nitriles is 2. The molecule has 0 fully saturated rings. The number of fused-ring (bicyclic) bond motifs is 2. The molecule has 1 N–H and O–H groups in total. The topological polar surface area (TPSA) is 85.9 Å². The van der Waals surface area contributed by atoms with Crippen LogP contribution in [0.15, 0.2) is 66.2 Å². The van der Waals surface area contributed by atoms with Gasteiger partial charge in [-0.25, -0.2) is 4.39 Å². The Morgan fingerprint density at radius 1 is 1.05 bits per heavy atom.